The molecule has 4 nitrogen and oxygen atoms in total. The SMILES string of the molecule is COc1ccc(OC/C=C/COCc2ccccc2)c(OC)c1C. The third-order valence-electron chi connectivity index (χ3n) is 3.57. The van der Waals surface area contributed by atoms with Crippen LogP contribution in [0.1, 0.15) is 11.1 Å². The van der Waals surface area contributed by atoms with Gasteiger partial charge in [-0.2, -0.15) is 0 Å². The highest BCUT2D eigenvalue weighted by Crippen LogP contribution is 2.36. The largest absolute Gasteiger partial charge is 0.496 e. The van der Waals surface area contributed by atoms with Crippen molar-refractivity contribution in [2.45, 2.75) is 13.5 Å². The summed E-state index contributed by atoms with van der Waals surface area (Å²) in [5.74, 6) is 2.18. The maximum Gasteiger partial charge on any atom is 0.167 e. The first-order valence-corrected chi connectivity index (χ1v) is 7.87. The van der Waals surface area contributed by atoms with E-state index >= 15 is 0 Å². The summed E-state index contributed by atoms with van der Waals surface area (Å²) in [6.45, 7) is 3.56. The minimum Gasteiger partial charge on any atom is -0.496 e. The van der Waals surface area contributed by atoms with Crippen LogP contribution in [-0.4, -0.2) is 27.4 Å². The van der Waals surface area contributed by atoms with Gasteiger partial charge in [0.05, 0.1) is 27.4 Å². The van der Waals surface area contributed by atoms with Crippen molar-refractivity contribution in [3.05, 3.63) is 65.7 Å². The van der Waals surface area contributed by atoms with Gasteiger partial charge in [-0.1, -0.05) is 36.4 Å². The fraction of sp³-hybridized carbons (Fsp3) is 0.300. The standard InChI is InChI=1S/C20H24O4/c1-16-18(21-2)11-12-19(20(16)22-3)24-14-8-7-13-23-15-17-9-5-4-6-10-17/h4-12H,13-15H2,1-3H3/b8-7+. The van der Waals surface area contributed by atoms with E-state index in [2.05, 4.69) is 0 Å². The second kappa shape index (κ2) is 9.63. The highest BCUT2D eigenvalue weighted by molar-refractivity contribution is 5.53. The average Bonchev–Trinajstić information content (AvgIpc) is 2.62. The molecule has 0 amide bonds. The molecule has 0 unspecified atom stereocenters. The fourth-order valence-corrected chi connectivity index (χ4v) is 2.33. The van der Waals surface area contributed by atoms with Gasteiger partial charge in [0.1, 0.15) is 12.4 Å². The highest BCUT2D eigenvalue weighted by Gasteiger charge is 2.11. The predicted molar refractivity (Wildman–Crippen MR) is 95.0 cm³/mol. The van der Waals surface area contributed by atoms with E-state index in [1.807, 2.05) is 61.5 Å². The summed E-state index contributed by atoms with van der Waals surface area (Å²) in [6, 6.07) is 13.8. The molecule has 0 bridgehead atoms. The van der Waals surface area contributed by atoms with Gasteiger partial charge in [0.2, 0.25) is 0 Å². The van der Waals surface area contributed by atoms with E-state index in [0.717, 1.165) is 11.3 Å². The van der Waals surface area contributed by atoms with Crippen molar-refractivity contribution >= 4 is 0 Å². The van der Waals surface area contributed by atoms with Gasteiger partial charge in [0.15, 0.2) is 11.5 Å². The number of methoxy groups -OCH3 is 2. The van der Waals surface area contributed by atoms with E-state index in [-0.39, 0.29) is 0 Å². The molecule has 0 aliphatic rings. The van der Waals surface area contributed by atoms with Crippen LogP contribution in [0.2, 0.25) is 0 Å². The van der Waals surface area contributed by atoms with Crippen LogP contribution in [-0.2, 0) is 11.3 Å². The zero-order valence-electron chi connectivity index (χ0n) is 14.5. The van der Waals surface area contributed by atoms with Crippen LogP contribution in [0.4, 0.5) is 0 Å². The zero-order chi connectivity index (χ0) is 17.2. The van der Waals surface area contributed by atoms with Gasteiger partial charge in [0.25, 0.3) is 0 Å². The normalized spacial score (nSPS) is 10.8. The van der Waals surface area contributed by atoms with Crippen LogP contribution in [0, 0.1) is 6.92 Å². The molecule has 0 N–H and O–H groups in total. The number of benzene rings is 2. The van der Waals surface area contributed by atoms with E-state index in [1.54, 1.807) is 14.2 Å². The van der Waals surface area contributed by atoms with Crippen molar-refractivity contribution in [2.24, 2.45) is 0 Å². The lowest BCUT2D eigenvalue weighted by Gasteiger charge is -2.14. The Morgan fingerprint density at radius 3 is 2.25 bits per heavy atom. The molecule has 2 aromatic carbocycles. The summed E-state index contributed by atoms with van der Waals surface area (Å²) in [4.78, 5) is 0. The average molecular weight is 328 g/mol. The molecule has 0 radical (unpaired) electrons. The highest BCUT2D eigenvalue weighted by atomic mass is 16.5. The van der Waals surface area contributed by atoms with Crippen molar-refractivity contribution in [1.29, 1.82) is 0 Å². The quantitative estimate of drug-likeness (QED) is 0.511. The van der Waals surface area contributed by atoms with Crippen molar-refractivity contribution in [3.63, 3.8) is 0 Å². The van der Waals surface area contributed by atoms with E-state index in [1.165, 1.54) is 5.56 Å². The molecule has 0 saturated carbocycles. The Balaban J connectivity index is 1.76. The second-order valence-corrected chi connectivity index (χ2v) is 5.21. The minimum absolute atomic E-state index is 0.455. The van der Waals surface area contributed by atoms with Crippen LogP contribution in [0.15, 0.2) is 54.6 Å². The number of rotatable bonds is 9. The lowest BCUT2D eigenvalue weighted by atomic mass is 10.2. The van der Waals surface area contributed by atoms with Crippen LogP contribution in [0.5, 0.6) is 17.2 Å². The van der Waals surface area contributed by atoms with Crippen molar-refractivity contribution in [3.8, 4) is 17.2 Å². The Morgan fingerprint density at radius 1 is 0.833 bits per heavy atom. The molecule has 24 heavy (non-hydrogen) atoms. The molecule has 2 rings (SSSR count). The zero-order valence-corrected chi connectivity index (χ0v) is 14.5. The van der Waals surface area contributed by atoms with E-state index < -0.39 is 0 Å². The van der Waals surface area contributed by atoms with Crippen LogP contribution >= 0.6 is 0 Å². The van der Waals surface area contributed by atoms with Crippen molar-refractivity contribution < 1.29 is 18.9 Å². The Hall–Kier alpha value is -2.46. The number of hydrogen-bond donors (Lipinski definition) is 0. The van der Waals surface area contributed by atoms with Crippen LogP contribution in [0.25, 0.3) is 0 Å². The van der Waals surface area contributed by atoms with Crippen LogP contribution < -0.4 is 14.2 Å². The van der Waals surface area contributed by atoms with E-state index in [0.29, 0.717) is 31.3 Å². The Bertz CT molecular complexity index is 650. The summed E-state index contributed by atoms with van der Waals surface area (Å²) in [5.41, 5.74) is 2.09. The number of ether oxygens (including phenoxy) is 4. The molecule has 0 aliphatic carbocycles. The maximum atomic E-state index is 5.75. The first-order chi connectivity index (χ1) is 11.8. The molecule has 0 saturated heterocycles. The predicted octanol–water partition coefficient (Wildman–Crippen LogP) is 4.16. The third-order valence-corrected chi connectivity index (χ3v) is 3.57. The molecular weight excluding hydrogens is 304 g/mol. The van der Waals surface area contributed by atoms with Gasteiger partial charge in [-0.15, -0.1) is 0 Å². The molecule has 4 heteroatoms. The van der Waals surface area contributed by atoms with E-state index in [4.69, 9.17) is 18.9 Å². The summed E-state index contributed by atoms with van der Waals surface area (Å²) in [5, 5.41) is 0. The fourth-order valence-electron chi connectivity index (χ4n) is 2.33. The first-order valence-electron chi connectivity index (χ1n) is 7.87. The molecule has 0 atom stereocenters. The molecule has 0 aliphatic heterocycles. The Morgan fingerprint density at radius 2 is 1.54 bits per heavy atom. The van der Waals surface area contributed by atoms with Gasteiger partial charge >= 0.3 is 0 Å². The number of hydrogen-bond acceptors (Lipinski definition) is 4. The smallest absolute Gasteiger partial charge is 0.167 e. The van der Waals surface area contributed by atoms with Crippen LogP contribution in [0.3, 0.4) is 0 Å². The summed E-state index contributed by atoms with van der Waals surface area (Å²) in [7, 11) is 3.27. The molecule has 0 aromatic heterocycles. The summed E-state index contributed by atoms with van der Waals surface area (Å²) in [6.07, 6.45) is 3.88. The van der Waals surface area contributed by atoms with Gasteiger partial charge in [-0.05, 0) is 30.7 Å². The molecule has 0 heterocycles. The molecule has 0 spiro atoms. The Labute approximate surface area is 143 Å². The summed E-state index contributed by atoms with van der Waals surface area (Å²) >= 11 is 0. The lowest BCUT2D eigenvalue weighted by Crippen LogP contribution is -2.00. The maximum absolute atomic E-state index is 5.75. The van der Waals surface area contributed by atoms with Gasteiger partial charge in [-0.3, -0.25) is 0 Å². The Kier molecular flexibility index (Phi) is 7.18. The van der Waals surface area contributed by atoms with Crippen molar-refractivity contribution in [1.82, 2.24) is 0 Å². The minimum atomic E-state index is 0.455. The first kappa shape index (κ1) is 17.9. The summed E-state index contributed by atoms with van der Waals surface area (Å²) < 4.78 is 22.0. The molecule has 0 fully saturated rings. The third kappa shape index (κ3) is 5.03. The molecule has 128 valence electrons. The van der Waals surface area contributed by atoms with Gasteiger partial charge < -0.3 is 18.9 Å². The van der Waals surface area contributed by atoms with Gasteiger partial charge in [0, 0.05) is 5.56 Å². The monoisotopic (exact) mass is 328 g/mol. The van der Waals surface area contributed by atoms with Gasteiger partial charge in [-0.25, -0.2) is 0 Å². The lowest BCUT2D eigenvalue weighted by molar-refractivity contribution is 0.148. The second-order valence-electron chi connectivity index (χ2n) is 5.21. The molecule has 2 aromatic rings. The molecular formula is C20H24O4. The van der Waals surface area contributed by atoms with E-state index in [9.17, 15) is 0 Å². The topological polar surface area (TPSA) is 36.9 Å². The van der Waals surface area contributed by atoms with Crippen molar-refractivity contribution in [2.75, 3.05) is 27.4 Å².